The van der Waals surface area contributed by atoms with E-state index in [0.29, 0.717) is 45.6 Å². The summed E-state index contributed by atoms with van der Waals surface area (Å²) in [6.07, 6.45) is 4.11. The molecule has 0 spiro atoms. The van der Waals surface area contributed by atoms with Crippen LogP contribution in [-0.2, 0) is 12.5 Å². The van der Waals surface area contributed by atoms with Gasteiger partial charge in [-0.25, -0.2) is 4.39 Å². The molecule has 208 valence electrons. The molecule has 0 atom stereocenters. The Balaban J connectivity index is 1.43. The van der Waals surface area contributed by atoms with Gasteiger partial charge in [-0.1, -0.05) is 6.07 Å². The number of furan rings is 1. The second kappa shape index (κ2) is 10.0. The van der Waals surface area contributed by atoms with Gasteiger partial charge in [-0.05, 0) is 91.1 Å². The van der Waals surface area contributed by atoms with E-state index in [9.17, 15) is 14.0 Å². The summed E-state index contributed by atoms with van der Waals surface area (Å²) in [4.78, 5) is 26.8. The SMILES string of the molecule is CNC(=O)c1c(-c2ccc(F)cc2)oc2ccc(-c3cc(C(=O)CC4(c5ccn(C)n5)CC4)c(OC)cc3C)cc12. The number of ether oxygens (including phenoxy) is 1. The van der Waals surface area contributed by atoms with Crippen molar-refractivity contribution < 1.29 is 23.1 Å². The number of methoxy groups -OCH3 is 1. The number of Topliss-reactive ketones (excluding diaryl/α,β-unsaturated/α-hetero) is 1. The lowest BCUT2D eigenvalue weighted by Crippen LogP contribution is -2.18. The molecule has 1 aliphatic rings. The molecule has 0 bridgehead atoms. The Bertz CT molecular complexity index is 1810. The number of nitrogens with one attached hydrogen (secondary N) is 1. The molecule has 6 rings (SSSR count). The van der Waals surface area contributed by atoms with E-state index in [-0.39, 0.29) is 22.9 Å². The summed E-state index contributed by atoms with van der Waals surface area (Å²) in [6, 6.07) is 17.2. The van der Waals surface area contributed by atoms with E-state index < -0.39 is 0 Å². The van der Waals surface area contributed by atoms with Gasteiger partial charge in [0.05, 0.1) is 23.9 Å². The van der Waals surface area contributed by atoms with Gasteiger partial charge < -0.3 is 14.5 Å². The van der Waals surface area contributed by atoms with Gasteiger partial charge in [0.2, 0.25) is 0 Å². The maximum Gasteiger partial charge on any atom is 0.255 e. The van der Waals surface area contributed by atoms with Crippen LogP contribution >= 0.6 is 0 Å². The van der Waals surface area contributed by atoms with Crippen LogP contribution in [0.1, 0.15) is 51.2 Å². The second-order valence-corrected chi connectivity index (χ2v) is 10.7. The lowest BCUT2D eigenvalue weighted by atomic mass is 9.89. The molecule has 5 aromatic rings. The van der Waals surface area contributed by atoms with Gasteiger partial charge in [0.25, 0.3) is 5.91 Å². The number of aryl methyl sites for hydroxylation is 2. The number of amides is 1. The van der Waals surface area contributed by atoms with Crippen LogP contribution in [0.4, 0.5) is 4.39 Å². The monoisotopic (exact) mass is 551 g/mol. The Kier molecular flexibility index (Phi) is 6.49. The average molecular weight is 552 g/mol. The van der Waals surface area contributed by atoms with Crippen molar-refractivity contribution in [3.8, 4) is 28.2 Å². The first-order valence-corrected chi connectivity index (χ1v) is 13.5. The molecule has 1 fully saturated rings. The van der Waals surface area contributed by atoms with Crippen molar-refractivity contribution in [2.45, 2.75) is 31.6 Å². The lowest BCUT2D eigenvalue weighted by molar-refractivity contribution is 0.0957. The first-order chi connectivity index (χ1) is 19.7. The van der Waals surface area contributed by atoms with Crippen molar-refractivity contribution in [2.75, 3.05) is 14.2 Å². The number of hydrogen-bond acceptors (Lipinski definition) is 5. The molecular weight excluding hydrogens is 521 g/mol. The third-order valence-corrected chi connectivity index (χ3v) is 8.02. The molecule has 2 heterocycles. The van der Waals surface area contributed by atoms with Crippen molar-refractivity contribution in [1.29, 1.82) is 0 Å². The highest BCUT2D eigenvalue weighted by Crippen LogP contribution is 2.51. The molecule has 2 aromatic heterocycles. The van der Waals surface area contributed by atoms with Crippen molar-refractivity contribution >= 4 is 22.7 Å². The van der Waals surface area contributed by atoms with Crippen molar-refractivity contribution in [3.63, 3.8) is 0 Å². The first-order valence-electron chi connectivity index (χ1n) is 13.5. The quantitative estimate of drug-likeness (QED) is 0.219. The normalized spacial score (nSPS) is 13.8. The fourth-order valence-corrected chi connectivity index (χ4v) is 5.57. The molecule has 3 aromatic carbocycles. The van der Waals surface area contributed by atoms with Crippen LogP contribution in [0.2, 0.25) is 0 Å². The van der Waals surface area contributed by atoms with Gasteiger partial charge >= 0.3 is 0 Å². The van der Waals surface area contributed by atoms with Gasteiger partial charge in [-0.15, -0.1) is 0 Å². The number of carbonyl (C=O) groups excluding carboxylic acids is 2. The first kappa shape index (κ1) is 26.5. The second-order valence-electron chi connectivity index (χ2n) is 10.7. The standard InChI is InChI=1S/C33H30FN3O4/c1-19-15-28(40-4)24(26(38)18-33(12-13-33)29-11-14-37(3)36-29)17-23(19)21-7-10-27-25(16-21)30(32(39)35-2)31(41-27)20-5-8-22(34)9-6-20/h5-11,14-17H,12-13,18H2,1-4H3,(H,35,39). The van der Waals surface area contributed by atoms with Gasteiger partial charge in [0.15, 0.2) is 5.78 Å². The zero-order valence-electron chi connectivity index (χ0n) is 23.4. The van der Waals surface area contributed by atoms with Gasteiger partial charge in [0, 0.05) is 43.1 Å². The molecule has 0 aliphatic heterocycles. The van der Waals surface area contributed by atoms with Gasteiger partial charge in [0.1, 0.15) is 22.9 Å². The van der Waals surface area contributed by atoms with E-state index >= 15 is 0 Å². The molecule has 0 unspecified atom stereocenters. The summed E-state index contributed by atoms with van der Waals surface area (Å²) in [5, 5.41) is 7.89. The summed E-state index contributed by atoms with van der Waals surface area (Å²) in [6.45, 7) is 1.96. The number of halogens is 1. The van der Waals surface area contributed by atoms with E-state index in [4.69, 9.17) is 9.15 Å². The predicted octanol–water partition coefficient (Wildman–Crippen LogP) is 6.62. The Labute approximate surface area is 236 Å². The fourth-order valence-electron chi connectivity index (χ4n) is 5.57. The Morgan fingerprint density at radius 3 is 2.44 bits per heavy atom. The molecule has 1 N–H and O–H groups in total. The average Bonchev–Trinajstić information content (AvgIpc) is 3.44. The number of hydrogen-bond donors (Lipinski definition) is 1. The number of rotatable bonds is 8. The van der Waals surface area contributed by atoms with Crippen molar-refractivity contribution in [2.24, 2.45) is 7.05 Å². The van der Waals surface area contributed by atoms with Gasteiger partial charge in [-0.2, -0.15) is 5.10 Å². The molecule has 1 saturated carbocycles. The highest BCUT2D eigenvalue weighted by atomic mass is 19.1. The smallest absolute Gasteiger partial charge is 0.255 e. The maximum atomic E-state index is 13.7. The molecule has 1 amide bonds. The number of nitrogens with zero attached hydrogens (tertiary/aromatic N) is 2. The van der Waals surface area contributed by atoms with Gasteiger partial charge in [-0.3, -0.25) is 14.3 Å². The number of aromatic nitrogens is 2. The molecular formula is C33H30FN3O4. The molecule has 1 aliphatic carbocycles. The summed E-state index contributed by atoms with van der Waals surface area (Å²) >= 11 is 0. The van der Waals surface area contributed by atoms with Crippen molar-refractivity contribution in [3.05, 3.63) is 95.1 Å². The van der Waals surface area contributed by atoms with Crippen LogP contribution in [0.15, 0.2) is 71.3 Å². The zero-order valence-corrected chi connectivity index (χ0v) is 23.4. The zero-order chi connectivity index (χ0) is 28.9. The number of carbonyl (C=O) groups is 2. The highest BCUT2D eigenvalue weighted by Gasteiger charge is 2.48. The van der Waals surface area contributed by atoms with Crippen LogP contribution in [0.3, 0.4) is 0 Å². The van der Waals surface area contributed by atoms with E-state index in [1.807, 2.05) is 56.6 Å². The molecule has 7 nitrogen and oxygen atoms in total. The van der Waals surface area contributed by atoms with E-state index in [1.165, 1.54) is 12.1 Å². The van der Waals surface area contributed by atoms with Crippen LogP contribution in [0.25, 0.3) is 33.4 Å². The fraction of sp³-hybridized carbons (Fsp3) is 0.242. The highest BCUT2D eigenvalue weighted by molar-refractivity contribution is 6.12. The molecule has 0 radical (unpaired) electrons. The minimum Gasteiger partial charge on any atom is -0.496 e. The van der Waals surface area contributed by atoms with E-state index in [0.717, 1.165) is 35.2 Å². The predicted molar refractivity (Wildman–Crippen MR) is 155 cm³/mol. The third kappa shape index (κ3) is 4.69. The number of benzene rings is 3. The molecule has 8 heteroatoms. The minimum atomic E-state index is -0.374. The van der Waals surface area contributed by atoms with Crippen LogP contribution in [-0.4, -0.2) is 35.6 Å². The number of ketones is 1. The lowest BCUT2D eigenvalue weighted by Gasteiger charge is -2.16. The number of fused-ring (bicyclic) bond motifs is 1. The summed E-state index contributed by atoms with van der Waals surface area (Å²) < 4.78 is 27.1. The Morgan fingerprint density at radius 2 is 1.80 bits per heavy atom. The van der Waals surface area contributed by atoms with Crippen LogP contribution < -0.4 is 10.1 Å². The van der Waals surface area contributed by atoms with Crippen LogP contribution in [0.5, 0.6) is 5.75 Å². The van der Waals surface area contributed by atoms with E-state index in [1.54, 1.807) is 31.0 Å². The molecule has 0 saturated heterocycles. The summed E-state index contributed by atoms with van der Waals surface area (Å²) in [7, 11) is 5.01. The third-order valence-electron chi connectivity index (χ3n) is 8.02. The Morgan fingerprint density at radius 1 is 1.07 bits per heavy atom. The maximum absolute atomic E-state index is 13.7. The molecule has 41 heavy (non-hydrogen) atoms. The summed E-state index contributed by atoms with van der Waals surface area (Å²) in [5.41, 5.74) is 5.32. The minimum absolute atomic E-state index is 0.000267. The largest absolute Gasteiger partial charge is 0.496 e. The summed E-state index contributed by atoms with van der Waals surface area (Å²) in [5.74, 6) is 0.207. The topological polar surface area (TPSA) is 86.4 Å². The van der Waals surface area contributed by atoms with E-state index in [2.05, 4.69) is 10.4 Å². The Hall–Kier alpha value is -4.72. The van der Waals surface area contributed by atoms with Crippen molar-refractivity contribution in [1.82, 2.24) is 15.1 Å². The van der Waals surface area contributed by atoms with Crippen LogP contribution in [0, 0.1) is 12.7 Å².